The third kappa shape index (κ3) is 8.11. The second-order valence-electron chi connectivity index (χ2n) is 15.5. The lowest BCUT2D eigenvalue weighted by molar-refractivity contribution is 0.0303. The first-order valence-electron chi connectivity index (χ1n) is 17.6. The second-order valence-corrected chi connectivity index (χ2v) is 21.1. The third-order valence-electron chi connectivity index (χ3n) is 9.28. The van der Waals surface area contributed by atoms with Gasteiger partial charge >= 0.3 is 0 Å². The molecule has 2 N–H and O–H groups in total. The van der Waals surface area contributed by atoms with Gasteiger partial charge in [0.1, 0.15) is 24.0 Å². The van der Waals surface area contributed by atoms with Gasteiger partial charge in [-0.25, -0.2) is 4.68 Å². The van der Waals surface area contributed by atoms with Gasteiger partial charge in [-0.15, -0.1) is 0 Å². The van der Waals surface area contributed by atoms with E-state index in [1.807, 2.05) is 66.1 Å². The number of carbonyl (C=O) groups excluding carboxylic acids is 2. The molecule has 51 heavy (non-hydrogen) atoms. The zero-order valence-corrected chi connectivity index (χ0v) is 31.8. The van der Waals surface area contributed by atoms with E-state index in [9.17, 15) is 9.59 Å². The number of fused-ring (bicyclic) bond motifs is 1. The van der Waals surface area contributed by atoms with E-state index in [0.717, 1.165) is 33.9 Å². The van der Waals surface area contributed by atoms with Crippen molar-refractivity contribution in [2.24, 2.45) is 0 Å². The Morgan fingerprint density at radius 1 is 0.961 bits per heavy atom. The Balaban J connectivity index is 1.28. The van der Waals surface area contributed by atoms with Crippen LogP contribution in [0, 0.1) is 6.92 Å². The van der Waals surface area contributed by atoms with Crippen molar-refractivity contribution in [3.8, 4) is 17.2 Å². The minimum atomic E-state index is -1.32. The van der Waals surface area contributed by atoms with Crippen molar-refractivity contribution in [3.05, 3.63) is 101 Å². The van der Waals surface area contributed by atoms with Crippen LogP contribution in [0.4, 0.5) is 5.82 Å². The molecule has 2 aromatic heterocycles. The number of carbonyl (C=O) groups is 2. The van der Waals surface area contributed by atoms with Gasteiger partial charge < -0.3 is 29.4 Å². The number of nitrogens with zero attached hydrogens (tertiary/aromatic N) is 4. The monoisotopic (exact) mass is 707 g/mol. The first-order valence-corrected chi connectivity index (χ1v) is 21.3. The highest BCUT2D eigenvalue weighted by Crippen LogP contribution is 2.32. The maximum atomic E-state index is 14.3. The first-order chi connectivity index (χ1) is 24.2. The summed E-state index contributed by atoms with van der Waals surface area (Å²) in [6.07, 6.45) is 1.51. The second kappa shape index (κ2) is 14.5. The van der Waals surface area contributed by atoms with Gasteiger partial charge in [-0.05, 0) is 84.1 Å². The van der Waals surface area contributed by atoms with E-state index in [4.69, 9.17) is 19.9 Å². The number of hydrogen-bond donors (Lipinski definition) is 1. The molecule has 11 heteroatoms. The molecule has 1 aliphatic heterocycles. The molecular formula is C40H49N5O5Si. The van der Waals surface area contributed by atoms with Crippen molar-refractivity contribution in [1.82, 2.24) is 19.2 Å². The first kappa shape index (κ1) is 36.1. The molecule has 3 aromatic carbocycles. The molecule has 1 fully saturated rings. The van der Waals surface area contributed by atoms with Crippen LogP contribution >= 0.6 is 0 Å². The molecule has 0 atom stereocenters. The van der Waals surface area contributed by atoms with Gasteiger partial charge in [0, 0.05) is 38.7 Å². The summed E-state index contributed by atoms with van der Waals surface area (Å²) >= 11 is 0. The SMILES string of the molecule is Cc1cc(Oc2cccc(C(C)(C)C)c2)ccc1-n1ncc(C(=O)c2cc3cc(C(=O)N4CCOCC4)ccc3n2COCC[Si](C)(C)C)c1N. The number of ketones is 1. The molecule has 0 saturated carbocycles. The average molecular weight is 708 g/mol. The van der Waals surface area contributed by atoms with E-state index in [1.165, 1.54) is 11.8 Å². The van der Waals surface area contributed by atoms with Crippen molar-refractivity contribution in [3.63, 3.8) is 0 Å². The number of amides is 1. The zero-order chi connectivity index (χ0) is 36.5. The molecule has 3 heterocycles. The van der Waals surface area contributed by atoms with E-state index in [2.05, 4.69) is 57.6 Å². The molecular weight excluding hydrogens is 659 g/mol. The number of aryl methyl sites for hydroxylation is 1. The summed E-state index contributed by atoms with van der Waals surface area (Å²) in [7, 11) is -1.32. The van der Waals surface area contributed by atoms with Crippen molar-refractivity contribution in [1.29, 1.82) is 0 Å². The van der Waals surface area contributed by atoms with Gasteiger partial charge in [0.05, 0.1) is 41.9 Å². The van der Waals surface area contributed by atoms with Crippen LogP contribution in [-0.2, 0) is 21.6 Å². The number of morpholine rings is 1. The molecule has 268 valence electrons. The van der Waals surface area contributed by atoms with Crippen LogP contribution in [0.5, 0.6) is 11.5 Å². The standard InChI is InChI=1S/C40H49N5O5Si/c1-27-21-32(50-31-10-8-9-30(24-31)40(2,3)4)12-14-34(27)45-38(41)33(25-42-45)37(46)36-23-29-22-28(39(47)43-15-17-48-18-16-43)11-13-35(29)44(36)26-49-19-20-51(5,6)7/h8-14,21-25H,15-20,26,41H2,1-7H3. The number of aromatic nitrogens is 3. The topological polar surface area (TPSA) is 114 Å². The minimum Gasteiger partial charge on any atom is -0.457 e. The Morgan fingerprint density at radius 3 is 2.41 bits per heavy atom. The van der Waals surface area contributed by atoms with Crippen LogP contribution in [-0.4, -0.2) is 71.9 Å². The molecule has 0 radical (unpaired) electrons. The van der Waals surface area contributed by atoms with Gasteiger partial charge in [-0.3, -0.25) is 9.59 Å². The third-order valence-corrected chi connectivity index (χ3v) is 11.0. The molecule has 1 saturated heterocycles. The molecule has 5 aromatic rings. The van der Waals surface area contributed by atoms with Crippen molar-refractivity contribution in [2.45, 2.75) is 65.5 Å². The van der Waals surface area contributed by atoms with Crippen LogP contribution < -0.4 is 10.5 Å². The Hall–Kier alpha value is -4.71. The van der Waals surface area contributed by atoms with Crippen LogP contribution in [0.3, 0.4) is 0 Å². The summed E-state index contributed by atoms with van der Waals surface area (Å²) in [5, 5.41) is 5.33. The fourth-order valence-corrected chi connectivity index (χ4v) is 6.93. The molecule has 10 nitrogen and oxygen atoms in total. The highest BCUT2D eigenvalue weighted by atomic mass is 28.3. The van der Waals surface area contributed by atoms with E-state index in [0.29, 0.717) is 49.9 Å². The van der Waals surface area contributed by atoms with Gasteiger partial charge in [0.15, 0.2) is 0 Å². The van der Waals surface area contributed by atoms with Crippen LogP contribution in [0.25, 0.3) is 16.6 Å². The normalized spacial score (nSPS) is 13.9. The van der Waals surface area contributed by atoms with Gasteiger partial charge in [-0.1, -0.05) is 52.5 Å². The largest absolute Gasteiger partial charge is 0.457 e. The van der Waals surface area contributed by atoms with Crippen LogP contribution in [0.1, 0.15) is 58.3 Å². The molecule has 1 amide bonds. The summed E-state index contributed by atoms with van der Waals surface area (Å²) in [5.74, 6) is 1.35. The minimum absolute atomic E-state index is 0.00592. The predicted octanol–water partition coefficient (Wildman–Crippen LogP) is 7.82. The highest BCUT2D eigenvalue weighted by Gasteiger charge is 2.25. The van der Waals surface area contributed by atoms with Crippen LogP contribution in [0.15, 0.2) is 72.9 Å². The quantitative estimate of drug-likeness (QED) is 0.0846. The molecule has 0 aliphatic carbocycles. The number of hydrogen-bond acceptors (Lipinski definition) is 7. The summed E-state index contributed by atoms with van der Waals surface area (Å²) < 4.78 is 21.3. The van der Waals surface area contributed by atoms with E-state index >= 15 is 0 Å². The van der Waals surface area contributed by atoms with Crippen molar-refractivity contribution < 1.29 is 23.8 Å². The lowest BCUT2D eigenvalue weighted by Crippen LogP contribution is -2.40. The molecule has 6 rings (SSSR count). The van der Waals surface area contributed by atoms with E-state index in [1.54, 1.807) is 9.58 Å². The van der Waals surface area contributed by atoms with Gasteiger partial charge in [-0.2, -0.15) is 5.10 Å². The highest BCUT2D eigenvalue weighted by molar-refractivity contribution is 6.76. The molecule has 0 spiro atoms. The molecule has 0 bridgehead atoms. The molecule has 0 unspecified atom stereocenters. The Labute approximate surface area is 301 Å². The number of rotatable bonds is 11. The Morgan fingerprint density at radius 2 is 1.71 bits per heavy atom. The maximum absolute atomic E-state index is 14.3. The smallest absolute Gasteiger partial charge is 0.254 e. The lowest BCUT2D eigenvalue weighted by Gasteiger charge is -2.26. The van der Waals surface area contributed by atoms with E-state index < -0.39 is 8.07 Å². The van der Waals surface area contributed by atoms with Crippen molar-refractivity contribution in [2.75, 3.05) is 38.6 Å². The van der Waals surface area contributed by atoms with Crippen molar-refractivity contribution >= 4 is 36.5 Å². The summed E-state index contributed by atoms with van der Waals surface area (Å²) in [4.78, 5) is 29.4. The Kier molecular flexibility index (Phi) is 10.3. The average Bonchev–Trinajstić information content (AvgIpc) is 3.65. The van der Waals surface area contributed by atoms with E-state index in [-0.39, 0.29) is 35.2 Å². The fourth-order valence-electron chi connectivity index (χ4n) is 6.17. The number of benzene rings is 3. The summed E-state index contributed by atoms with van der Waals surface area (Å²) in [6, 6.07) is 22.2. The zero-order valence-electron chi connectivity index (χ0n) is 30.8. The van der Waals surface area contributed by atoms with Gasteiger partial charge in [0.2, 0.25) is 5.78 Å². The number of nitrogens with two attached hydrogens (primary N) is 1. The predicted molar refractivity (Wildman–Crippen MR) is 204 cm³/mol. The molecule has 1 aliphatic rings. The number of anilines is 1. The Bertz CT molecular complexity index is 2060. The van der Waals surface area contributed by atoms with Crippen LogP contribution in [0.2, 0.25) is 25.7 Å². The maximum Gasteiger partial charge on any atom is 0.254 e. The number of ether oxygens (including phenoxy) is 3. The number of nitrogen functional groups attached to an aromatic ring is 1. The summed E-state index contributed by atoms with van der Waals surface area (Å²) in [5.41, 5.74) is 11.6. The fraction of sp³-hybridized carbons (Fsp3) is 0.375. The van der Waals surface area contributed by atoms with Gasteiger partial charge in [0.25, 0.3) is 5.91 Å². The summed E-state index contributed by atoms with van der Waals surface area (Å²) in [6.45, 7) is 18.3. The lowest BCUT2D eigenvalue weighted by atomic mass is 9.87.